The molecule has 0 saturated heterocycles. The van der Waals surface area contributed by atoms with Gasteiger partial charge in [0.1, 0.15) is 5.69 Å². The van der Waals surface area contributed by atoms with Crippen LogP contribution < -0.4 is 5.32 Å². The number of hydrogen-bond acceptors (Lipinski definition) is 5. The van der Waals surface area contributed by atoms with E-state index in [0.29, 0.717) is 24.5 Å². The van der Waals surface area contributed by atoms with Crippen LogP contribution in [0.2, 0.25) is 0 Å². The van der Waals surface area contributed by atoms with Crippen LogP contribution in [0.5, 0.6) is 0 Å². The van der Waals surface area contributed by atoms with E-state index < -0.39 is 0 Å². The predicted molar refractivity (Wildman–Crippen MR) is 75.9 cm³/mol. The second-order valence-corrected chi connectivity index (χ2v) is 5.28. The molecule has 2 rings (SSSR count). The molecule has 0 aliphatic heterocycles. The molecule has 0 aromatic carbocycles. The van der Waals surface area contributed by atoms with Gasteiger partial charge in [-0.1, -0.05) is 19.3 Å². The SMILES string of the molecule is O=[N+]([O-])c1c(C2CCCCC2)n[nH]c1NCCCCO. The van der Waals surface area contributed by atoms with E-state index in [4.69, 9.17) is 5.11 Å². The molecular formula is C13H22N4O3. The number of aliphatic hydroxyl groups excluding tert-OH is 1. The predicted octanol–water partition coefficient (Wildman–Crippen LogP) is 2.55. The Balaban J connectivity index is 2.08. The van der Waals surface area contributed by atoms with E-state index in [1.165, 1.54) is 6.42 Å². The van der Waals surface area contributed by atoms with Gasteiger partial charge in [-0.3, -0.25) is 15.2 Å². The summed E-state index contributed by atoms with van der Waals surface area (Å²) in [4.78, 5) is 11.0. The molecule has 1 aliphatic carbocycles. The number of nitrogens with zero attached hydrogens (tertiary/aromatic N) is 2. The van der Waals surface area contributed by atoms with E-state index in [9.17, 15) is 10.1 Å². The molecule has 3 N–H and O–H groups in total. The van der Waals surface area contributed by atoms with Gasteiger partial charge in [0, 0.05) is 19.1 Å². The van der Waals surface area contributed by atoms with E-state index >= 15 is 0 Å². The van der Waals surface area contributed by atoms with E-state index in [1.807, 2.05) is 0 Å². The lowest BCUT2D eigenvalue weighted by Gasteiger charge is -2.18. The maximum Gasteiger partial charge on any atom is 0.334 e. The van der Waals surface area contributed by atoms with Gasteiger partial charge >= 0.3 is 5.69 Å². The highest BCUT2D eigenvalue weighted by molar-refractivity contribution is 5.59. The lowest BCUT2D eigenvalue weighted by Crippen LogP contribution is -2.08. The van der Waals surface area contributed by atoms with Crippen LogP contribution in [-0.2, 0) is 0 Å². The minimum atomic E-state index is -0.345. The van der Waals surface area contributed by atoms with Gasteiger partial charge in [0.25, 0.3) is 0 Å². The summed E-state index contributed by atoms with van der Waals surface area (Å²) in [6, 6.07) is 0. The summed E-state index contributed by atoms with van der Waals surface area (Å²) in [6.45, 7) is 0.730. The molecule has 1 fully saturated rings. The average Bonchev–Trinajstić information content (AvgIpc) is 2.88. The van der Waals surface area contributed by atoms with Crippen molar-refractivity contribution in [1.82, 2.24) is 10.2 Å². The zero-order valence-corrected chi connectivity index (χ0v) is 11.6. The van der Waals surface area contributed by atoms with Crippen molar-refractivity contribution in [2.75, 3.05) is 18.5 Å². The number of aromatic nitrogens is 2. The first-order valence-corrected chi connectivity index (χ1v) is 7.31. The molecule has 112 valence electrons. The lowest BCUT2D eigenvalue weighted by atomic mass is 9.86. The van der Waals surface area contributed by atoms with Crippen LogP contribution in [0.25, 0.3) is 0 Å². The molecule has 7 nitrogen and oxygen atoms in total. The number of unbranched alkanes of at least 4 members (excludes halogenated alkanes) is 1. The molecule has 0 bridgehead atoms. The fourth-order valence-corrected chi connectivity index (χ4v) is 2.77. The van der Waals surface area contributed by atoms with Crippen LogP contribution >= 0.6 is 0 Å². The molecule has 0 radical (unpaired) electrons. The minimum Gasteiger partial charge on any atom is -0.396 e. The summed E-state index contributed by atoms with van der Waals surface area (Å²) in [6.07, 6.45) is 6.87. The largest absolute Gasteiger partial charge is 0.396 e. The molecule has 7 heteroatoms. The van der Waals surface area contributed by atoms with Crippen LogP contribution in [0.3, 0.4) is 0 Å². The van der Waals surface area contributed by atoms with E-state index in [0.717, 1.165) is 32.1 Å². The van der Waals surface area contributed by atoms with Crippen molar-refractivity contribution in [2.45, 2.75) is 50.9 Å². The Hall–Kier alpha value is -1.63. The fourth-order valence-electron chi connectivity index (χ4n) is 2.77. The van der Waals surface area contributed by atoms with Gasteiger partial charge in [0.15, 0.2) is 0 Å². The Bertz CT molecular complexity index is 441. The third-order valence-electron chi connectivity index (χ3n) is 3.83. The molecule has 1 aromatic heterocycles. The first-order chi connectivity index (χ1) is 9.74. The molecule has 0 spiro atoms. The summed E-state index contributed by atoms with van der Waals surface area (Å²) in [5.74, 6) is 0.599. The van der Waals surface area contributed by atoms with Crippen molar-refractivity contribution in [1.29, 1.82) is 0 Å². The van der Waals surface area contributed by atoms with E-state index in [-0.39, 0.29) is 23.1 Å². The Morgan fingerprint density at radius 2 is 2.10 bits per heavy atom. The number of nitrogens with one attached hydrogen (secondary N) is 2. The van der Waals surface area contributed by atoms with Crippen molar-refractivity contribution in [3.63, 3.8) is 0 Å². The monoisotopic (exact) mass is 282 g/mol. The van der Waals surface area contributed by atoms with Gasteiger partial charge in [0.2, 0.25) is 5.82 Å². The van der Waals surface area contributed by atoms with Gasteiger partial charge < -0.3 is 10.4 Å². The van der Waals surface area contributed by atoms with Gasteiger partial charge in [-0.2, -0.15) is 5.10 Å². The third kappa shape index (κ3) is 3.47. The van der Waals surface area contributed by atoms with Crippen LogP contribution in [0, 0.1) is 10.1 Å². The Morgan fingerprint density at radius 3 is 2.75 bits per heavy atom. The summed E-state index contributed by atoms with van der Waals surface area (Å²) >= 11 is 0. The number of aromatic amines is 1. The van der Waals surface area contributed by atoms with Crippen molar-refractivity contribution in [2.24, 2.45) is 0 Å². The lowest BCUT2D eigenvalue weighted by molar-refractivity contribution is -0.384. The first kappa shape index (κ1) is 14.8. The maximum absolute atomic E-state index is 11.3. The Labute approximate surface area is 117 Å². The highest BCUT2D eigenvalue weighted by atomic mass is 16.6. The molecular weight excluding hydrogens is 260 g/mol. The standard InChI is InChI=1S/C13H22N4O3/c18-9-5-4-8-14-13-12(17(19)20)11(15-16-13)10-6-2-1-3-7-10/h10,18H,1-9H2,(H2,14,15,16). The highest BCUT2D eigenvalue weighted by Crippen LogP contribution is 2.38. The highest BCUT2D eigenvalue weighted by Gasteiger charge is 2.30. The molecule has 1 aliphatic rings. The number of hydrogen-bond donors (Lipinski definition) is 3. The zero-order chi connectivity index (χ0) is 14.4. The summed E-state index contributed by atoms with van der Waals surface area (Å²) in [5.41, 5.74) is 0.695. The topological polar surface area (TPSA) is 104 Å². The number of H-pyrrole nitrogens is 1. The number of aliphatic hydroxyl groups is 1. The van der Waals surface area contributed by atoms with Crippen LogP contribution in [0.1, 0.15) is 56.6 Å². The second kappa shape index (κ2) is 7.23. The Morgan fingerprint density at radius 1 is 1.35 bits per heavy atom. The second-order valence-electron chi connectivity index (χ2n) is 5.28. The zero-order valence-electron chi connectivity index (χ0n) is 11.6. The van der Waals surface area contributed by atoms with Gasteiger partial charge in [-0.15, -0.1) is 0 Å². The summed E-state index contributed by atoms with van der Waals surface area (Å²) in [5, 5.41) is 30.0. The maximum atomic E-state index is 11.3. The van der Waals surface area contributed by atoms with Gasteiger partial charge in [-0.05, 0) is 25.7 Å². The number of nitro groups is 1. The molecule has 1 saturated carbocycles. The molecule has 0 amide bonds. The van der Waals surface area contributed by atoms with Gasteiger partial charge in [0.05, 0.1) is 4.92 Å². The van der Waals surface area contributed by atoms with Crippen molar-refractivity contribution >= 4 is 11.5 Å². The van der Waals surface area contributed by atoms with Crippen molar-refractivity contribution in [3.8, 4) is 0 Å². The normalized spacial score (nSPS) is 16.2. The number of anilines is 1. The minimum absolute atomic E-state index is 0.0981. The van der Waals surface area contributed by atoms with Crippen molar-refractivity contribution < 1.29 is 10.0 Å². The Kier molecular flexibility index (Phi) is 5.34. The molecule has 1 heterocycles. The number of rotatable bonds is 7. The smallest absolute Gasteiger partial charge is 0.334 e. The molecule has 1 aromatic rings. The quantitative estimate of drug-likeness (QED) is 0.405. The average molecular weight is 282 g/mol. The first-order valence-electron chi connectivity index (χ1n) is 7.31. The van der Waals surface area contributed by atoms with E-state index in [1.54, 1.807) is 0 Å². The third-order valence-corrected chi connectivity index (χ3v) is 3.83. The van der Waals surface area contributed by atoms with Gasteiger partial charge in [-0.25, -0.2) is 0 Å². The summed E-state index contributed by atoms with van der Waals surface area (Å²) in [7, 11) is 0. The van der Waals surface area contributed by atoms with E-state index in [2.05, 4.69) is 15.5 Å². The molecule has 20 heavy (non-hydrogen) atoms. The van der Waals surface area contributed by atoms with Crippen molar-refractivity contribution in [3.05, 3.63) is 15.8 Å². The van der Waals surface area contributed by atoms with Crippen LogP contribution in [-0.4, -0.2) is 33.4 Å². The van der Waals surface area contributed by atoms with Crippen LogP contribution in [0.15, 0.2) is 0 Å². The molecule has 0 atom stereocenters. The van der Waals surface area contributed by atoms with Crippen LogP contribution in [0.4, 0.5) is 11.5 Å². The molecule has 0 unspecified atom stereocenters. The summed E-state index contributed by atoms with van der Waals surface area (Å²) < 4.78 is 0. The fraction of sp³-hybridized carbons (Fsp3) is 0.769.